The number of benzene rings is 1. The van der Waals surface area contributed by atoms with Gasteiger partial charge in [0.05, 0.1) is 12.8 Å². The third-order valence-electron chi connectivity index (χ3n) is 4.58. The molecule has 29 heavy (non-hydrogen) atoms. The lowest BCUT2D eigenvalue weighted by Crippen LogP contribution is -2.53. The van der Waals surface area contributed by atoms with Gasteiger partial charge in [0.1, 0.15) is 17.7 Å². The van der Waals surface area contributed by atoms with Crippen LogP contribution in [0.5, 0.6) is 5.75 Å². The van der Waals surface area contributed by atoms with Crippen LogP contribution < -0.4 is 10.1 Å². The Kier molecular flexibility index (Phi) is 7.10. The molecule has 1 aromatic carbocycles. The van der Waals surface area contributed by atoms with Crippen LogP contribution in [0.1, 0.15) is 24.4 Å². The first-order valence-electron chi connectivity index (χ1n) is 9.85. The van der Waals surface area contributed by atoms with E-state index >= 15 is 0 Å². The van der Waals surface area contributed by atoms with Gasteiger partial charge in [-0.2, -0.15) is 0 Å². The first-order valence-corrected chi connectivity index (χ1v) is 9.85. The summed E-state index contributed by atoms with van der Waals surface area (Å²) in [5.41, 5.74) is 0. The van der Waals surface area contributed by atoms with Crippen molar-refractivity contribution in [2.75, 3.05) is 39.3 Å². The summed E-state index contributed by atoms with van der Waals surface area (Å²) in [5.74, 6) is 1.40. The predicted molar refractivity (Wildman–Crippen MR) is 109 cm³/mol. The van der Waals surface area contributed by atoms with Gasteiger partial charge in [-0.25, -0.2) is 9.38 Å². The molecule has 1 saturated heterocycles. The van der Waals surface area contributed by atoms with Crippen molar-refractivity contribution in [3.63, 3.8) is 0 Å². The van der Waals surface area contributed by atoms with Crippen LogP contribution in [0.15, 0.2) is 52.1 Å². The molecule has 1 fully saturated rings. The number of hydrogen-bond donors (Lipinski definition) is 1. The van der Waals surface area contributed by atoms with Crippen molar-refractivity contribution in [2.45, 2.75) is 20.0 Å². The van der Waals surface area contributed by atoms with Crippen molar-refractivity contribution in [3.8, 4) is 5.75 Å². The van der Waals surface area contributed by atoms with Gasteiger partial charge in [0.2, 0.25) is 0 Å². The molecular weight excluding hydrogens is 375 g/mol. The third kappa shape index (κ3) is 5.73. The van der Waals surface area contributed by atoms with Crippen molar-refractivity contribution in [1.29, 1.82) is 0 Å². The lowest BCUT2D eigenvalue weighted by Gasteiger charge is -2.36. The van der Waals surface area contributed by atoms with E-state index in [1.54, 1.807) is 29.2 Å². The maximum absolute atomic E-state index is 13.0. The minimum Gasteiger partial charge on any atom is -0.489 e. The standard InChI is InChI=1S/C21H27FN4O3/c1-3-23-21(24-15-16(2)29-18-8-6-17(22)7-9-18)26-12-10-25(11-13-26)20(27)19-5-4-14-28-19/h4-9,14,16H,3,10-13,15H2,1-2H3,(H,23,24). The number of halogens is 1. The first-order chi connectivity index (χ1) is 14.1. The van der Waals surface area contributed by atoms with E-state index in [0.29, 0.717) is 44.2 Å². The summed E-state index contributed by atoms with van der Waals surface area (Å²) in [6.45, 7) is 7.73. The lowest BCUT2D eigenvalue weighted by atomic mass is 10.3. The van der Waals surface area contributed by atoms with E-state index in [0.717, 1.165) is 12.5 Å². The maximum atomic E-state index is 13.0. The highest BCUT2D eigenvalue weighted by Gasteiger charge is 2.25. The van der Waals surface area contributed by atoms with E-state index in [1.807, 2.05) is 13.8 Å². The molecule has 0 bridgehead atoms. The second kappa shape index (κ2) is 9.95. The van der Waals surface area contributed by atoms with Crippen molar-refractivity contribution in [2.24, 2.45) is 4.99 Å². The van der Waals surface area contributed by atoms with Gasteiger partial charge in [0, 0.05) is 32.7 Å². The molecule has 0 radical (unpaired) electrons. The number of carbonyl (C=O) groups excluding carboxylic acids is 1. The molecule has 0 saturated carbocycles. The first kappa shape index (κ1) is 20.7. The van der Waals surface area contributed by atoms with Crippen LogP contribution in [0.2, 0.25) is 0 Å². The summed E-state index contributed by atoms with van der Waals surface area (Å²) in [6.07, 6.45) is 1.35. The van der Waals surface area contributed by atoms with Gasteiger partial charge in [-0.15, -0.1) is 0 Å². The topological polar surface area (TPSA) is 70.3 Å². The van der Waals surface area contributed by atoms with Crippen LogP contribution >= 0.6 is 0 Å². The largest absolute Gasteiger partial charge is 0.489 e. The van der Waals surface area contributed by atoms with E-state index in [1.165, 1.54) is 18.4 Å². The molecule has 1 aromatic heterocycles. The Bertz CT molecular complexity index is 800. The summed E-state index contributed by atoms with van der Waals surface area (Å²) in [7, 11) is 0. The molecule has 8 heteroatoms. The maximum Gasteiger partial charge on any atom is 0.289 e. The Morgan fingerprint density at radius 1 is 1.21 bits per heavy atom. The molecule has 1 amide bonds. The van der Waals surface area contributed by atoms with Crippen LogP contribution in [0, 0.1) is 5.82 Å². The highest BCUT2D eigenvalue weighted by Crippen LogP contribution is 2.13. The molecule has 1 aliphatic heterocycles. The Labute approximate surface area is 170 Å². The molecule has 1 unspecified atom stereocenters. The summed E-state index contributed by atoms with van der Waals surface area (Å²) >= 11 is 0. The predicted octanol–water partition coefficient (Wildman–Crippen LogP) is 2.61. The zero-order chi connectivity index (χ0) is 20.6. The van der Waals surface area contributed by atoms with Gasteiger partial charge in [-0.1, -0.05) is 0 Å². The molecule has 3 rings (SSSR count). The van der Waals surface area contributed by atoms with Crippen molar-refractivity contribution >= 4 is 11.9 Å². The molecule has 156 valence electrons. The summed E-state index contributed by atoms with van der Waals surface area (Å²) < 4.78 is 24.0. The number of hydrogen-bond acceptors (Lipinski definition) is 4. The number of guanidine groups is 1. The fourth-order valence-electron chi connectivity index (χ4n) is 3.10. The average Bonchev–Trinajstić information content (AvgIpc) is 3.27. The molecule has 0 spiro atoms. The molecule has 2 heterocycles. The fraction of sp³-hybridized carbons (Fsp3) is 0.429. The number of rotatable bonds is 6. The van der Waals surface area contributed by atoms with Crippen LogP contribution in [0.4, 0.5) is 4.39 Å². The monoisotopic (exact) mass is 402 g/mol. The minimum atomic E-state index is -0.290. The van der Waals surface area contributed by atoms with E-state index < -0.39 is 0 Å². The van der Waals surface area contributed by atoms with Crippen LogP contribution in [-0.2, 0) is 0 Å². The normalized spacial score (nSPS) is 15.9. The quantitative estimate of drug-likeness (QED) is 0.594. The molecule has 1 N–H and O–H groups in total. The molecule has 2 aromatic rings. The average molecular weight is 402 g/mol. The van der Waals surface area contributed by atoms with Crippen LogP contribution in [0.3, 0.4) is 0 Å². The number of piperazine rings is 1. The van der Waals surface area contributed by atoms with E-state index in [2.05, 4.69) is 15.2 Å². The smallest absolute Gasteiger partial charge is 0.289 e. The van der Waals surface area contributed by atoms with Gasteiger partial charge in [-0.3, -0.25) is 4.79 Å². The highest BCUT2D eigenvalue weighted by atomic mass is 19.1. The van der Waals surface area contributed by atoms with Crippen molar-refractivity contribution in [1.82, 2.24) is 15.1 Å². The molecule has 1 aliphatic rings. The molecule has 0 aliphatic carbocycles. The molecule has 1 atom stereocenters. The van der Waals surface area contributed by atoms with Crippen LogP contribution in [-0.4, -0.2) is 67.0 Å². The number of amides is 1. The van der Waals surface area contributed by atoms with E-state index in [9.17, 15) is 9.18 Å². The second-order valence-corrected chi connectivity index (χ2v) is 6.83. The van der Waals surface area contributed by atoms with Gasteiger partial charge < -0.3 is 24.3 Å². The number of aliphatic imine (C=N–C) groups is 1. The summed E-state index contributed by atoms with van der Waals surface area (Å²) in [6, 6.07) is 9.36. The van der Waals surface area contributed by atoms with Gasteiger partial charge >= 0.3 is 0 Å². The fourth-order valence-corrected chi connectivity index (χ4v) is 3.10. The zero-order valence-electron chi connectivity index (χ0n) is 16.8. The number of nitrogens with one attached hydrogen (secondary N) is 1. The van der Waals surface area contributed by atoms with Crippen LogP contribution in [0.25, 0.3) is 0 Å². The Morgan fingerprint density at radius 2 is 1.90 bits per heavy atom. The summed E-state index contributed by atoms with van der Waals surface area (Å²) in [4.78, 5) is 21.0. The van der Waals surface area contributed by atoms with Crippen molar-refractivity contribution < 1.29 is 18.3 Å². The summed E-state index contributed by atoms with van der Waals surface area (Å²) in [5, 5.41) is 3.30. The number of ether oxygens (including phenoxy) is 1. The van der Waals surface area contributed by atoms with E-state index in [4.69, 9.17) is 9.15 Å². The van der Waals surface area contributed by atoms with Gasteiger partial charge in [0.15, 0.2) is 11.7 Å². The number of carbonyl (C=O) groups is 1. The highest BCUT2D eigenvalue weighted by molar-refractivity contribution is 5.91. The van der Waals surface area contributed by atoms with E-state index in [-0.39, 0.29) is 17.8 Å². The number of furan rings is 1. The molecule has 7 nitrogen and oxygen atoms in total. The lowest BCUT2D eigenvalue weighted by molar-refractivity contribution is 0.0657. The Morgan fingerprint density at radius 3 is 2.52 bits per heavy atom. The molecular formula is C21H27FN4O3. The SMILES string of the molecule is CCNC(=NCC(C)Oc1ccc(F)cc1)N1CCN(C(=O)c2ccco2)CC1. The minimum absolute atomic E-state index is 0.0853. The van der Waals surface area contributed by atoms with Gasteiger partial charge in [-0.05, 0) is 50.2 Å². The van der Waals surface area contributed by atoms with Gasteiger partial charge in [0.25, 0.3) is 5.91 Å². The Balaban J connectivity index is 1.53. The Hall–Kier alpha value is -3.03. The zero-order valence-corrected chi connectivity index (χ0v) is 16.8. The number of nitrogens with zero attached hydrogens (tertiary/aromatic N) is 3. The van der Waals surface area contributed by atoms with Crippen molar-refractivity contribution in [3.05, 3.63) is 54.2 Å². The third-order valence-corrected chi connectivity index (χ3v) is 4.58. The second-order valence-electron chi connectivity index (χ2n) is 6.83.